The van der Waals surface area contributed by atoms with Crippen molar-refractivity contribution in [3.63, 3.8) is 0 Å². The summed E-state index contributed by atoms with van der Waals surface area (Å²) in [7, 11) is 1.55. The molecule has 4 aromatic rings. The highest BCUT2D eigenvalue weighted by Crippen LogP contribution is 2.31. The Morgan fingerprint density at radius 2 is 1.94 bits per heavy atom. The second-order valence-corrected chi connectivity index (χ2v) is 8.42. The summed E-state index contributed by atoms with van der Waals surface area (Å²) in [6.45, 7) is 5.90. The molecule has 0 spiro atoms. The number of carbonyl (C=O) groups excluding carboxylic acids is 1. The van der Waals surface area contributed by atoms with Crippen molar-refractivity contribution < 1.29 is 9.53 Å². The third kappa shape index (κ3) is 4.09. The van der Waals surface area contributed by atoms with Crippen LogP contribution in [0, 0.1) is 20.8 Å². The van der Waals surface area contributed by atoms with Crippen LogP contribution in [0.1, 0.15) is 16.7 Å². The van der Waals surface area contributed by atoms with E-state index >= 15 is 0 Å². The zero-order valence-electron chi connectivity index (χ0n) is 17.9. The molecule has 1 N–H and O–H groups in total. The van der Waals surface area contributed by atoms with Crippen LogP contribution in [0.25, 0.3) is 21.3 Å². The lowest BCUT2D eigenvalue weighted by atomic mass is 10.0. The van der Waals surface area contributed by atoms with Gasteiger partial charge < -0.3 is 10.1 Å². The van der Waals surface area contributed by atoms with Gasteiger partial charge in [-0.1, -0.05) is 24.3 Å². The molecule has 0 aliphatic carbocycles. The van der Waals surface area contributed by atoms with Gasteiger partial charge in [0.1, 0.15) is 17.1 Å². The minimum atomic E-state index is -0.324. The van der Waals surface area contributed by atoms with Gasteiger partial charge in [-0.2, -0.15) is 0 Å². The molecule has 6 nitrogen and oxygen atoms in total. The lowest BCUT2D eigenvalue weighted by molar-refractivity contribution is -0.116. The van der Waals surface area contributed by atoms with E-state index in [9.17, 15) is 9.59 Å². The summed E-state index contributed by atoms with van der Waals surface area (Å²) in [6.07, 6.45) is 1.43. The highest BCUT2D eigenvalue weighted by molar-refractivity contribution is 7.17. The second kappa shape index (κ2) is 8.35. The topological polar surface area (TPSA) is 73.2 Å². The van der Waals surface area contributed by atoms with Gasteiger partial charge in [-0.05, 0) is 55.2 Å². The molecule has 0 atom stereocenters. The predicted molar refractivity (Wildman–Crippen MR) is 125 cm³/mol. The molecular formula is C24H23N3O3S. The number of hydrogen-bond donors (Lipinski definition) is 1. The van der Waals surface area contributed by atoms with Gasteiger partial charge in [0.25, 0.3) is 5.56 Å². The Balaban J connectivity index is 1.67. The van der Waals surface area contributed by atoms with E-state index in [-0.39, 0.29) is 18.0 Å². The molecule has 0 aliphatic heterocycles. The van der Waals surface area contributed by atoms with Crippen molar-refractivity contribution in [2.45, 2.75) is 27.3 Å². The maximum atomic E-state index is 13.2. The first-order valence-corrected chi connectivity index (χ1v) is 10.7. The van der Waals surface area contributed by atoms with Crippen LogP contribution in [0.4, 0.5) is 5.69 Å². The van der Waals surface area contributed by atoms with Crippen LogP contribution in [-0.2, 0) is 11.3 Å². The molecular weight excluding hydrogens is 410 g/mol. The molecule has 1 amide bonds. The fourth-order valence-electron chi connectivity index (χ4n) is 3.47. The molecule has 31 heavy (non-hydrogen) atoms. The van der Waals surface area contributed by atoms with E-state index in [0.717, 1.165) is 22.3 Å². The van der Waals surface area contributed by atoms with E-state index in [1.165, 1.54) is 27.8 Å². The van der Waals surface area contributed by atoms with E-state index in [2.05, 4.69) is 23.3 Å². The first-order chi connectivity index (χ1) is 14.9. The largest absolute Gasteiger partial charge is 0.495 e. The Hall–Kier alpha value is -3.45. The minimum Gasteiger partial charge on any atom is -0.495 e. The van der Waals surface area contributed by atoms with Crippen molar-refractivity contribution in [3.8, 4) is 16.9 Å². The monoisotopic (exact) mass is 433 g/mol. The molecule has 0 bridgehead atoms. The van der Waals surface area contributed by atoms with Gasteiger partial charge in [0.15, 0.2) is 0 Å². The summed E-state index contributed by atoms with van der Waals surface area (Å²) in [5, 5.41) is 5.32. The number of aryl methyl sites for hydroxylation is 3. The summed E-state index contributed by atoms with van der Waals surface area (Å²) in [5.41, 5.74) is 5.50. The SMILES string of the molecule is COc1ccc(C)cc1NC(=O)Cn1cnc2scc(-c3ccc(C)c(C)c3)c2c1=O. The lowest BCUT2D eigenvalue weighted by Gasteiger charge is -2.12. The predicted octanol–water partition coefficient (Wildman–Crippen LogP) is 4.70. The number of anilines is 1. The minimum absolute atomic E-state index is 0.138. The number of amides is 1. The first-order valence-electron chi connectivity index (χ1n) is 9.86. The molecule has 0 saturated heterocycles. The molecule has 2 aromatic heterocycles. The van der Waals surface area contributed by atoms with Crippen LogP contribution in [0.3, 0.4) is 0 Å². The third-order valence-electron chi connectivity index (χ3n) is 5.32. The summed E-state index contributed by atoms with van der Waals surface area (Å²) < 4.78 is 6.66. The average Bonchev–Trinajstić information content (AvgIpc) is 3.17. The maximum Gasteiger partial charge on any atom is 0.263 e. The Kier molecular flexibility index (Phi) is 5.61. The van der Waals surface area contributed by atoms with E-state index < -0.39 is 0 Å². The van der Waals surface area contributed by atoms with Gasteiger partial charge in [0, 0.05) is 10.9 Å². The van der Waals surface area contributed by atoms with Crippen LogP contribution >= 0.6 is 11.3 Å². The molecule has 0 aliphatic rings. The van der Waals surface area contributed by atoms with E-state index in [1.54, 1.807) is 13.2 Å². The highest BCUT2D eigenvalue weighted by Gasteiger charge is 2.16. The number of benzene rings is 2. The molecule has 0 saturated carbocycles. The second-order valence-electron chi connectivity index (χ2n) is 7.56. The van der Waals surface area contributed by atoms with Crippen molar-refractivity contribution in [1.82, 2.24) is 9.55 Å². The van der Waals surface area contributed by atoms with Crippen LogP contribution in [0.15, 0.2) is 52.9 Å². The van der Waals surface area contributed by atoms with Crippen molar-refractivity contribution in [2.24, 2.45) is 0 Å². The van der Waals surface area contributed by atoms with Crippen LogP contribution in [0.5, 0.6) is 5.75 Å². The first kappa shape index (κ1) is 20.8. The number of methoxy groups -OCH3 is 1. The Morgan fingerprint density at radius 1 is 1.13 bits per heavy atom. The van der Waals surface area contributed by atoms with Crippen molar-refractivity contribution in [3.05, 3.63) is 75.1 Å². The van der Waals surface area contributed by atoms with Crippen LogP contribution in [-0.4, -0.2) is 22.6 Å². The van der Waals surface area contributed by atoms with Gasteiger partial charge >= 0.3 is 0 Å². The highest BCUT2D eigenvalue weighted by atomic mass is 32.1. The van der Waals surface area contributed by atoms with Crippen LogP contribution < -0.4 is 15.6 Å². The number of thiophene rings is 1. The standard InChI is InChI=1S/C24H23N3O3S/c1-14-5-8-20(30-4)19(9-14)26-21(28)11-27-13-25-23-22(24(27)29)18(12-31-23)17-7-6-15(2)16(3)10-17/h5-10,12-13H,11H2,1-4H3,(H,26,28). The van der Waals surface area contributed by atoms with Gasteiger partial charge in [0.05, 0.1) is 24.5 Å². The number of carbonyl (C=O) groups is 1. The number of nitrogens with zero attached hydrogens (tertiary/aromatic N) is 2. The molecule has 0 fully saturated rings. The molecule has 0 radical (unpaired) electrons. The zero-order chi connectivity index (χ0) is 22.1. The van der Waals surface area contributed by atoms with Crippen molar-refractivity contribution >= 4 is 33.1 Å². The number of fused-ring (bicyclic) bond motifs is 1. The molecule has 2 aromatic carbocycles. The van der Waals surface area contributed by atoms with E-state index in [4.69, 9.17) is 4.74 Å². The maximum absolute atomic E-state index is 13.2. The molecule has 0 unspecified atom stereocenters. The van der Waals surface area contributed by atoms with Crippen LogP contribution in [0.2, 0.25) is 0 Å². The van der Waals surface area contributed by atoms with E-state index in [0.29, 0.717) is 21.7 Å². The fourth-order valence-corrected chi connectivity index (χ4v) is 4.37. The Bertz CT molecular complexity index is 1350. The number of aromatic nitrogens is 2. The zero-order valence-corrected chi connectivity index (χ0v) is 18.7. The number of ether oxygens (including phenoxy) is 1. The normalized spacial score (nSPS) is 11.0. The van der Waals surface area contributed by atoms with E-state index in [1.807, 2.05) is 43.5 Å². The summed E-state index contributed by atoms with van der Waals surface area (Å²) >= 11 is 1.43. The number of hydrogen-bond acceptors (Lipinski definition) is 5. The Labute approximate surface area is 184 Å². The summed E-state index contributed by atoms with van der Waals surface area (Å²) in [5.74, 6) is 0.241. The molecule has 7 heteroatoms. The molecule has 4 rings (SSSR count). The average molecular weight is 434 g/mol. The third-order valence-corrected chi connectivity index (χ3v) is 6.21. The van der Waals surface area contributed by atoms with Gasteiger partial charge in [0.2, 0.25) is 5.91 Å². The number of nitrogens with one attached hydrogen (secondary N) is 1. The Morgan fingerprint density at radius 3 is 2.68 bits per heavy atom. The quantitative estimate of drug-likeness (QED) is 0.495. The summed E-state index contributed by atoms with van der Waals surface area (Å²) in [4.78, 5) is 31.0. The van der Waals surface area contributed by atoms with Gasteiger partial charge in [-0.15, -0.1) is 11.3 Å². The van der Waals surface area contributed by atoms with Gasteiger partial charge in [-0.25, -0.2) is 4.98 Å². The summed E-state index contributed by atoms with van der Waals surface area (Å²) in [6, 6.07) is 11.7. The van der Waals surface area contributed by atoms with Crippen molar-refractivity contribution in [2.75, 3.05) is 12.4 Å². The fraction of sp³-hybridized carbons (Fsp3) is 0.208. The molecule has 158 valence electrons. The lowest BCUT2D eigenvalue weighted by Crippen LogP contribution is -2.28. The molecule has 2 heterocycles. The van der Waals surface area contributed by atoms with Gasteiger partial charge in [-0.3, -0.25) is 14.2 Å². The van der Waals surface area contributed by atoms with Crippen molar-refractivity contribution in [1.29, 1.82) is 0 Å². The number of rotatable bonds is 5. The smallest absolute Gasteiger partial charge is 0.263 e.